The smallest absolute Gasteiger partial charge is 0.226 e. The zero-order chi connectivity index (χ0) is 9.61. The highest BCUT2D eigenvalue weighted by Gasteiger charge is 2.28. The van der Waals surface area contributed by atoms with E-state index in [4.69, 9.17) is 0 Å². The first-order chi connectivity index (χ1) is 5.60. The van der Waals surface area contributed by atoms with Gasteiger partial charge < -0.3 is 5.32 Å². The molecule has 0 fully saturated rings. The molecule has 0 saturated heterocycles. The SMILES string of the molecule is C=CC[C@](C)(CC)C(=O)NCC. The molecule has 0 saturated carbocycles. The predicted octanol–water partition coefficient (Wildman–Crippen LogP) is 2.11. The Morgan fingerprint density at radius 2 is 2.17 bits per heavy atom. The van der Waals surface area contributed by atoms with Crippen LogP contribution in [0.3, 0.4) is 0 Å². The Morgan fingerprint density at radius 1 is 1.58 bits per heavy atom. The lowest BCUT2D eigenvalue weighted by atomic mass is 9.83. The lowest BCUT2D eigenvalue weighted by molar-refractivity contribution is -0.130. The van der Waals surface area contributed by atoms with E-state index in [0.29, 0.717) is 6.54 Å². The third kappa shape index (κ3) is 2.68. The number of amides is 1. The summed E-state index contributed by atoms with van der Waals surface area (Å²) in [6, 6.07) is 0. The minimum absolute atomic E-state index is 0.132. The molecule has 0 rings (SSSR count). The molecule has 0 heterocycles. The maximum atomic E-state index is 11.5. The molecule has 0 radical (unpaired) electrons. The lowest BCUT2D eigenvalue weighted by Crippen LogP contribution is -2.38. The molecule has 0 aromatic heterocycles. The van der Waals surface area contributed by atoms with Crippen LogP contribution in [0.2, 0.25) is 0 Å². The molecule has 0 unspecified atom stereocenters. The van der Waals surface area contributed by atoms with E-state index >= 15 is 0 Å². The summed E-state index contributed by atoms with van der Waals surface area (Å²) in [6.45, 7) is 10.3. The van der Waals surface area contributed by atoms with Crippen LogP contribution in [0.1, 0.15) is 33.6 Å². The van der Waals surface area contributed by atoms with Crippen LogP contribution in [-0.4, -0.2) is 12.5 Å². The van der Waals surface area contributed by atoms with Gasteiger partial charge in [0.25, 0.3) is 0 Å². The van der Waals surface area contributed by atoms with Crippen molar-refractivity contribution in [3.8, 4) is 0 Å². The van der Waals surface area contributed by atoms with Crippen molar-refractivity contribution in [2.45, 2.75) is 33.6 Å². The zero-order valence-corrected chi connectivity index (χ0v) is 8.31. The van der Waals surface area contributed by atoms with Gasteiger partial charge in [-0.25, -0.2) is 0 Å². The second-order valence-electron chi connectivity index (χ2n) is 3.27. The van der Waals surface area contributed by atoms with E-state index < -0.39 is 0 Å². The van der Waals surface area contributed by atoms with E-state index in [1.165, 1.54) is 0 Å². The number of rotatable bonds is 5. The summed E-state index contributed by atoms with van der Waals surface area (Å²) in [5.41, 5.74) is -0.266. The lowest BCUT2D eigenvalue weighted by Gasteiger charge is -2.24. The van der Waals surface area contributed by atoms with Gasteiger partial charge >= 0.3 is 0 Å². The first-order valence-electron chi connectivity index (χ1n) is 4.50. The molecule has 1 N–H and O–H groups in total. The van der Waals surface area contributed by atoms with E-state index in [0.717, 1.165) is 12.8 Å². The third-order valence-corrected chi connectivity index (χ3v) is 2.26. The molecule has 0 bridgehead atoms. The summed E-state index contributed by atoms with van der Waals surface area (Å²) in [5, 5.41) is 2.84. The molecule has 0 aliphatic carbocycles. The van der Waals surface area contributed by atoms with Crippen molar-refractivity contribution in [1.29, 1.82) is 0 Å². The number of allylic oxidation sites excluding steroid dienone is 1. The molecule has 2 heteroatoms. The van der Waals surface area contributed by atoms with Gasteiger partial charge in [0.1, 0.15) is 0 Å². The minimum Gasteiger partial charge on any atom is -0.356 e. The molecule has 70 valence electrons. The summed E-state index contributed by atoms with van der Waals surface area (Å²) in [6.07, 6.45) is 3.40. The Morgan fingerprint density at radius 3 is 2.50 bits per heavy atom. The number of hydrogen-bond donors (Lipinski definition) is 1. The molecule has 0 aromatic carbocycles. The van der Waals surface area contributed by atoms with Gasteiger partial charge in [0.2, 0.25) is 5.91 Å². The third-order valence-electron chi connectivity index (χ3n) is 2.26. The Labute approximate surface area is 75.0 Å². The molecule has 12 heavy (non-hydrogen) atoms. The molecule has 0 spiro atoms. The largest absolute Gasteiger partial charge is 0.356 e. The maximum Gasteiger partial charge on any atom is 0.226 e. The quantitative estimate of drug-likeness (QED) is 0.627. The molecular formula is C10H19NO. The van der Waals surface area contributed by atoms with E-state index in [1.807, 2.05) is 20.8 Å². The topological polar surface area (TPSA) is 29.1 Å². The average Bonchev–Trinajstić information content (AvgIpc) is 2.05. The van der Waals surface area contributed by atoms with Gasteiger partial charge in [-0.1, -0.05) is 19.9 Å². The fraction of sp³-hybridized carbons (Fsp3) is 0.700. The fourth-order valence-corrected chi connectivity index (χ4v) is 1.09. The van der Waals surface area contributed by atoms with E-state index in [-0.39, 0.29) is 11.3 Å². The fourth-order valence-electron chi connectivity index (χ4n) is 1.09. The van der Waals surface area contributed by atoms with Gasteiger partial charge in [0.15, 0.2) is 0 Å². The minimum atomic E-state index is -0.266. The second kappa shape index (κ2) is 4.96. The summed E-state index contributed by atoms with van der Waals surface area (Å²) < 4.78 is 0. The van der Waals surface area contributed by atoms with Crippen molar-refractivity contribution in [3.63, 3.8) is 0 Å². The van der Waals surface area contributed by atoms with Crippen molar-refractivity contribution in [2.24, 2.45) is 5.41 Å². The van der Waals surface area contributed by atoms with Gasteiger partial charge in [-0.2, -0.15) is 0 Å². The maximum absolute atomic E-state index is 11.5. The highest BCUT2D eigenvalue weighted by Crippen LogP contribution is 2.25. The van der Waals surface area contributed by atoms with Crippen molar-refractivity contribution >= 4 is 5.91 Å². The number of nitrogens with one attached hydrogen (secondary N) is 1. The first-order valence-corrected chi connectivity index (χ1v) is 4.50. The molecular weight excluding hydrogens is 150 g/mol. The molecule has 0 aromatic rings. The van der Waals surface area contributed by atoms with E-state index in [9.17, 15) is 4.79 Å². The van der Waals surface area contributed by atoms with Crippen LogP contribution in [0.4, 0.5) is 0 Å². The molecule has 2 nitrogen and oxygen atoms in total. The van der Waals surface area contributed by atoms with Crippen LogP contribution >= 0.6 is 0 Å². The summed E-state index contributed by atoms with van der Waals surface area (Å²) >= 11 is 0. The second-order valence-corrected chi connectivity index (χ2v) is 3.27. The first kappa shape index (κ1) is 11.2. The molecule has 1 atom stereocenters. The average molecular weight is 169 g/mol. The Bertz CT molecular complexity index is 165. The van der Waals surface area contributed by atoms with Gasteiger partial charge in [-0.15, -0.1) is 6.58 Å². The van der Waals surface area contributed by atoms with Crippen LogP contribution in [0.5, 0.6) is 0 Å². The highest BCUT2D eigenvalue weighted by molar-refractivity contribution is 5.82. The zero-order valence-electron chi connectivity index (χ0n) is 8.31. The Kier molecular flexibility index (Phi) is 4.64. The monoisotopic (exact) mass is 169 g/mol. The van der Waals surface area contributed by atoms with Gasteiger partial charge in [-0.3, -0.25) is 4.79 Å². The van der Waals surface area contributed by atoms with Gasteiger partial charge in [-0.05, 0) is 19.8 Å². The van der Waals surface area contributed by atoms with Crippen LogP contribution in [-0.2, 0) is 4.79 Å². The summed E-state index contributed by atoms with van der Waals surface area (Å²) in [4.78, 5) is 11.5. The molecule has 0 aliphatic heterocycles. The number of hydrogen-bond acceptors (Lipinski definition) is 1. The number of carbonyl (C=O) groups excluding carboxylic acids is 1. The van der Waals surface area contributed by atoms with Crippen molar-refractivity contribution in [2.75, 3.05) is 6.54 Å². The van der Waals surface area contributed by atoms with E-state index in [1.54, 1.807) is 6.08 Å². The van der Waals surface area contributed by atoms with Crippen LogP contribution in [0.25, 0.3) is 0 Å². The predicted molar refractivity (Wildman–Crippen MR) is 51.9 cm³/mol. The Hall–Kier alpha value is -0.790. The van der Waals surface area contributed by atoms with Crippen molar-refractivity contribution in [3.05, 3.63) is 12.7 Å². The Balaban J connectivity index is 4.28. The van der Waals surface area contributed by atoms with Crippen LogP contribution in [0, 0.1) is 5.41 Å². The molecule has 1 amide bonds. The van der Waals surface area contributed by atoms with E-state index in [2.05, 4.69) is 11.9 Å². The van der Waals surface area contributed by atoms with Crippen molar-refractivity contribution in [1.82, 2.24) is 5.32 Å². The highest BCUT2D eigenvalue weighted by atomic mass is 16.2. The van der Waals surface area contributed by atoms with Gasteiger partial charge in [0.05, 0.1) is 0 Å². The van der Waals surface area contributed by atoms with Gasteiger partial charge in [0, 0.05) is 12.0 Å². The summed E-state index contributed by atoms with van der Waals surface area (Å²) in [5.74, 6) is 0.132. The normalized spacial score (nSPS) is 14.9. The molecule has 0 aliphatic rings. The van der Waals surface area contributed by atoms with Crippen molar-refractivity contribution < 1.29 is 4.79 Å². The van der Waals surface area contributed by atoms with Crippen LogP contribution < -0.4 is 5.32 Å². The summed E-state index contributed by atoms with van der Waals surface area (Å²) in [7, 11) is 0. The standard InChI is InChI=1S/C10H19NO/c1-5-8-10(4,6-2)9(12)11-7-3/h5H,1,6-8H2,2-4H3,(H,11,12)/t10-/m0/s1. The van der Waals surface area contributed by atoms with Crippen LogP contribution in [0.15, 0.2) is 12.7 Å². The number of carbonyl (C=O) groups is 1.